The summed E-state index contributed by atoms with van der Waals surface area (Å²) in [5, 5.41) is 8.92. The molecule has 4 nitrogen and oxygen atoms in total. The average molecular weight is 369 g/mol. The Labute approximate surface area is 130 Å². The summed E-state index contributed by atoms with van der Waals surface area (Å²) in [6, 6.07) is 9.96. The van der Waals surface area contributed by atoms with Crippen LogP contribution in [-0.2, 0) is 10.0 Å². The SMILES string of the molecule is Cc1cc(NS(=O)(=O)c2cccc(F)c2C#N)ccc1Br. The monoisotopic (exact) mass is 368 g/mol. The lowest BCUT2D eigenvalue weighted by Crippen LogP contribution is -2.15. The Balaban J connectivity index is 2.46. The smallest absolute Gasteiger partial charge is 0.263 e. The van der Waals surface area contributed by atoms with E-state index in [-0.39, 0.29) is 4.90 Å². The van der Waals surface area contributed by atoms with Gasteiger partial charge in [0.15, 0.2) is 0 Å². The van der Waals surface area contributed by atoms with Gasteiger partial charge in [-0.15, -0.1) is 0 Å². The maximum absolute atomic E-state index is 13.5. The number of rotatable bonds is 3. The Morgan fingerprint density at radius 2 is 2.00 bits per heavy atom. The third-order valence-corrected chi connectivity index (χ3v) is 5.10. The normalized spacial score (nSPS) is 11.0. The van der Waals surface area contributed by atoms with E-state index in [9.17, 15) is 12.8 Å². The summed E-state index contributed by atoms with van der Waals surface area (Å²) in [5.74, 6) is -0.868. The van der Waals surface area contributed by atoms with Crippen LogP contribution in [0.1, 0.15) is 11.1 Å². The van der Waals surface area contributed by atoms with Gasteiger partial charge in [0.25, 0.3) is 10.0 Å². The topological polar surface area (TPSA) is 70.0 Å². The highest BCUT2D eigenvalue weighted by Crippen LogP contribution is 2.24. The molecular formula is C14H10BrFN2O2S. The molecule has 2 aromatic rings. The summed E-state index contributed by atoms with van der Waals surface area (Å²) < 4.78 is 41.3. The first-order valence-electron chi connectivity index (χ1n) is 5.83. The number of nitriles is 1. The van der Waals surface area contributed by atoms with E-state index in [1.807, 2.05) is 6.92 Å². The van der Waals surface area contributed by atoms with Crippen LogP contribution in [0.15, 0.2) is 45.8 Å². The molecule has 0 radical (unpaired) electrons. The van der Waals surface area contributed by atoms with Crippen molar-refractivity contribution in [3.05, 3.63) is 57.8 Å². The van der Waals surface area contributed by atoms with Crippen molar-refractivity contribution in [2.45, 2.75) is 11.8 Å². The highest BCUT2D eigenvalue weighted by atomic mass is 79.9. The molecule has 7 heteroatoms. The third-order valence-electron chi connectivity index (χ3n) is 2.79. The second-order valence-electron chi connectivity index (χ2n) is 4.29. The van der Waals surface area contributed by atoms with Gasteiger partial charge >= 0.3 is 0 Å². The van der Waals surface area contributed by atoms with E-state index in [1.165, 1.54) is 12.1 Å². The molecule has 0 fully saturated rings. The zero-order valence-corrected chi connectivity index (χ0v) is 13.3. The summed E-state index contributed by atoms with van der Waals surface area (Å²) >= 11 is 3.32. The maximum Gasteiger partial charge on any atom is 0.263 e. The quantitative estimate of drug-likeness (QED) is 0.899. The van der Waals surface area contributed by atoms with Crippen LogP contribution in [0.2, 0.25) is 0 Å². The lowest BCUT2D eigenvalue weighted by atomic mass is 10.2. The fourth-order valence-electron chi connectivity index (χ4n) is 1.76. The Bertz CT molecular complexity index is 845. The molecule has 0 heterocycles. The number of sulfonamides is 1. The number of halogens is 2. The zero-order chi connectivity index (χ0) is 15.6. The van der Waals surface area contributed by atoms with Gasteiger partial charge in [0.05, 0.1) is 0 Å². The number of nitrogens with zero attached hydrogens (tertiary/aromatic N) is 1. The van der Waals surface area contributed by atoms with Crippen molar-refractivity contribution in [2.75, 3.05) is 4.72 Å². The fraction of sp³-hybridized carbons (Fsp3) is 0.0714. The molecule has 0 spiro atoms. The van der Waals surface area contributed by atoms with Gasteiger partial charge in [0.2, 0.25) is 0 Å². The molecule has 0 saturated heterocycles. The first kappa shape index (κ1) is 15.5. The van der Waals surface area contributed by atoms with Gasteiger partial charge in [-0.1, -0.05) is 22.0 Å². The van der Waals surface area contributed by atoms with Gasteiger partial charge in [-0.2, -0.15) is 5.26 Å². The maximum atomic E-state index is 13.5. The van der Waals surface area contributed by atoms with E-state index in [1.54, 1.807) is 24.3 Å². The minimum Gasteiger partial charge on any atom is -0.280 e. The predicted molar refractivity (Wildman–Crippen MR) is 80.8 cm³/mol. The summed E-state index contributed by atoms with van der Waals surface area (Å²) in [7, 11) is -4.04. The minimum absolute atomic E-state index is 0.337. The van der Waals surface area contributed by atoms with Crippen molar-refractivity contribution < 1.29 is 12.8 Å². The Morgan fingerprint density at radius 3 is 2.62 bits per heavy atom. The van der Waals surface area contributed by atoms with Crippen LogP contribution in [0.4, 0.5) is 10.1 Å². The van der Waals surface area contributed by atoms with Crippen molar-refractivity contribution in [1.82, 2.24) is 0 Å². The van der Waals surface area contributed by atoms with E-state index < -0.39 is 21.4 Å². The second-order valence-corrected chi connectivity index (χ2v) is 6.80. The van der Waals surface area contributed by atoms with Gasteiger partial charge in [0.1, 0.15) is 22.3 Å². The van der Waals surface area contributed by atoms with Crippen LogP contribution in [0, 0.1) is 24.1 Å². The molecule has 0 atom stereocenters. The zero-order valence-electron chi connectivity index (χ0n) is 10.9. The molecule has 0 saturated carbocycles. The molecule has 0 aromatic heterocycles. The van der Waals surface area contributed by atoms with E-state index in [0.717, 1.165) is 16.1 Å². The molecule has 0 aliphatic carbocycles. The Morgan fingerprint density at radius 1 is 1.29 bits per heavy atom. The second kappa shape index (κ2) is 5.84. The molecule has 0 amide bonds. The fourth-order valence-corrected chi connectivity index (χ4v) is 3.22. The number of anilines is 1. The summed E-state index contributed by atoms with van der Waals surface area (Å²) in [4.78, 5) is -0.384. The van der Waals surface area contributed by atoms with Gasteiger partial charge < -0.3 is 0 Å². The van der Waals surface area contributed by atoms with Crippen LogP contribution in [0.5, 0.6) is 0 Å². The molecule has 108 valence electrons. The number of benzene rings is 2. The highest BCUT2D eigenvalue weighted by molar-refractivity contribution is 9.10. The van der Waals surface area contributed by atoms with Crippen LogP contribution >= 0.6 is 15.9 Å². The van der Waals surface area contributed by atoms with Crippen molar-refractivity contribution in [2.24, 2.45) is 0 Å². The summed E-state index contributed by atoms with van der Waals surface area (Å²) in [6.07, 6.45) is 0. The lowest BCUT2D eigenvalue weighted by molar-refractivity contribution is 0.593. The van der Waals surface area contributed by atoms with Crippen LogP contribution < -0.4 is 4.72 Å². The molecular weight excluding hydrogens is 359 g/mol. The van der Waals surface area contributed by atoms with Crippen LogP contribution in [0.25, 0.3) is 0 Å². The molecule has 0 unspecified atom stereocenters. The molecule has 0 aliphatic heterocycles. The van der Waals surface area contributed by atoms with Crippen LogP contribution in [-0.4, -0.2) is 8.42 Å². The average Bonchev–Trinajstić information content (AvgIpc) is 2.42. The predicted octanol–water partition coefficient (Wildman–Crippen LogP) is 3.57. The van der Waals surface area contributed by atoms with Crippen molar-refractivity contribution in [3.8, 4) is 6.07 Å². The molecule has 2 aromatic carbocycles. The van der Waals surface area contributed by atoms with Gasteiger partial charge in [-0.25, -0.2) is 12.8 Å². The summed E-state index contributed by atoms with van der Waals surface area (Å²) in [6.45, 7) is 1.81. The van der Waals surface area contributed by atoms with Gasteiger partial charge in [-0.3, -0.25) is 4.72 Å². The molecule has 0 aliphatic rings. The van der Waals surface area contributed by atoms with Crippen molar-refractivity contribution in [3.63, 3.8) is 0 Å². The summed E-state index contributed by atoms with van der Waals surface area (Å²) in [5.41, 5.74) is 0.678. The Hall–Kier alpha value is -1.91. The first-order chi connectivity index (χ1) is 9.85. The van der Waals surface area contributed by atoms with E-state index in [0.29, 0.717) is 5.69 Å². The van der Waals surface area contributed by atoms with Crippen LogP contribution in [0.3, 0.4) is 0 Å². The molecule has 21 heavy (non-hydrogen) atoms. The number of aryl methyl sites for hydroxylation is 1. The Kier molecular flexibility index (Phi) is 4.30. The largest absolute Gasteiger partial charge is 0.280 e. The third kappa shape index (κ3) is 3.23. The molecule has 2 rings (SSSR count). The molecule has 1 N–H and O–H groups in total. The van der Waals surface area contributed by atoms with Gasteiger partial charge in [-0.05, 0) is 42.8 Å². The van der Waals surface area contributed by atoms with Crippen molar-refractivity contribution in [1.29, 1.82) is 5.26 Å². The van der Waals surface area contributed by atoms with E-state index >= 15 is 0 Å². The standard InChI is InChI=1S/C14H10BrFN2O2S/c1-9-7-10(5-6-12(9)15)18-21(19,20)14-4-2-3-13(16)11(14)8-17/h2-7,18H,1H3. The van der Waals surface area contributed by atoms with E-state index in [2.05, 4.69) is 20.7 Å². The highest BCUT2D eigenvalue weighted by Gasteiger charge is 2.21. The number of nitrogens with one attached hydrogen (secondary N) is 1. The number of hydrogen-bond acceptors (Lipinski definition) is 3. The number of hydrogen-bond donors (Lipinski definition) is 1. The lowest BCUT2D eigenvalue weighted by Gasteiger charge is -2.10. The van der Waals surface area contributed by atoms with E-state index in [4.69, 9.17) is 5.26 Å². The minimum atomic E-state index is -4.04. The van der Waals surface area contributed by atoms with Crippen molar-refractivity contribution >= 4 is 31.6 Å². The first-order valence-corrected chi connectivity index (χ1v) is 8.10. The molecule has 0 bridgehead atoms. The van der Waals surface area contributed by atoms with Gasteiger partial charge in [0, 0.05) is 10.2 Å².